The highest BCUT2D eigenvalue weighted by molar-refractivity contribution is 4.99. The zero-order valence-corrected chi connectivity index (χ0v) is 11.5. The van der Waals surface area contributed by atoms with Gasteiger partial charge in [-0.3, -0.25) is 0 Å². The Morgan fingerprint density at radius 1 is 0.706 bits per heavy atom. The molecule has 0 amide bonds. The minimum atomic E-state index is 0.855. The fourth-order valence-corrected chi connectivity index (χ4v) is 4.35. The third-order valence-electron chi connectivity index (χ3n) is 5.49. The van der Waals surface area contributed by atoms with Crippen molar-refractivity contribution in [1.82, 2.24) is 5.32 Å². The Kier molecular flexibility index (Phi) is 3.75. The topological polar surface area (TPSA) is 12.0 Å². The van der Waals surface area contributed by atoms with Gasteiger partial charge in [0.15, 0.2) is 0 Å². The van der Waals surface area contributed by atoms with Gasteiger partial charge in [0.2, 0.25) is 0 Å². The van der Waals surface area contributed by atoms with Crippen LogP contribution < -0.4 is 5.32 Å². The van der Waals surface area contributed by atoms with Crippen LogP contribution in [0.1, 0.15) is 64.2 Å². The molecule has 3 aliphatic rings. The molecule has 3 aliphatic carbocycles. The Balaban J connectivity index is 1.66. The first-order valence-corrected chi connectivity index (χ1v) is 8.07. The summed E-state index contributed by atoms with van der Waals surface area (Å²) in [5.74, 6) is 4.24. The van der Waals surface area contributed by atoms with Gasteiger partial charge in [-0.25, -0.2) is 0 Å². The van der Waals surface area contributed by atoms with Crippen molar-refractivity contribution in [2.75, 3.05) is 7.05 Å². The van der Waals surface area contributed by atoms with Crippen molar-refractivity contribution in [3.8, 4) is 0 Å². The monoisotopic (exact) mass is 235 g/mol. The summed E-state index contributed by atoms with van der Waals surface area (Å²) < 4.78 is 0. The van der Waals surface area contributed by atoms with E-state index in [-0.39, 0.29) is 0 Å². The minimum Gasteiger partial charge on any atom is -0.316 e. The summed E-state index contributed by atoms with van der Waals surface area (Å²) in [5.41, 5.74) is 0. The van der Waals surface area contributed by atoms with Gasteiger partial charge in [-0.15, -0.1) is 0 Å². The lowest BCUT2D eigenvalue weighted by atomic mass is 9.78. The van der Waals surface area contributed by atoms with Gasteiger partial charge in [-0.1, -0.05) is 25.7 Å². The summed E-state index contributed by atoms with van der Waals surface area (Å²) >= 11 is 0. The molecule has 1 heteroatoms. The largest absolute Gasteiger partial charge is 0.316 e. The van der Waals surface area contributed by atoms with Crippen molar-refractivity contribution < 1.29 is 0 Å². The number of hydrogen-bond acceptors (Lipinski definition) is 1. The average Bonchev–Trinajstić information content (AvgIpc) is 3.22. The molecule has 0 radical (unpaired) electrons. The van der Waals surface area contributed by atoms with E-state index in [9.17, 15) is 0 Å². The quantitative estimate of drug-likeness (QED) is 0.711. The van der Waals surface area contributed by atoms with Crippen molar-refractivity contribution in [3.63, 3.8) is 0 Å². The average molecular weight is 235 g/mol. The molecule has 3 saturated carbocycles. The molecule has 17 heavy (non-hydrogen) atoms. The number of hydrogen-bond donors (Lipinski definition) is 1. The van der Waals surface area contributed by atoms with Gasteiger partial charge >= 0.3 is 0 Å². The summed E-state index contributed by atoms with van der Waals surface area (Å²) in [5, 5.41) is 3.74. The summed E-state index contributed by atoms with van der Waals surface area (Å²) in [7, 11) is 2.23. The number of nitrogens with one attached hydrogen (secondary N) is 1. The lowest BCUT2D eigenvalue weighted by Crippen LogP contribution is -2.42. The molecule has 1 unspecified atom stereocenters. The Labute approximate surface area is 107 Å². The first-order chi connectivity index (χ1) is 8.40. The molecule has 1 nitrogen and oxygen atoms in total. The lowest BCUT2D eigenvalue weighted by molar-refractivity contribution is 0.204. The van der Waals surface area contributed by atoms with Crippen molar-refractivity contribution in [2.45, 2.75) is 70.3 Å². The molecule has 98 valence electrons. The zero-order valence-electron chi connectivity index (χ0n) is 11.5. The smallest absolute Gasteiger partial charge is 0.0126 e. The molecular formula is C16H29N. The fraction of sp³-hybridized carbons (Fsp3) is 1.00. The maximum Gasteiger partial charge on any atom is 0.0126 e. The maximum atomic E-state index is 3.74. The fourth-order valence-electron chi connectivity index (χ4n) is 4.35. The molecule has 0 aromatic rings. The van der Waals surface area contributed by atoms with Crippen LogP contribution in [-0.4, -0.2) is 13.1 Å². The van der Waals surface area contributed by atoms with Crippen LogP contribution in [0, 0.1) is 23.7 Å². The van der Waals surface area contributed by atoms with Crippen molar-refractivity contribution in [3.05, 3.63) is 0 Å². The molecule has 0 spiro atoms. The Bertz CT molecular complexity index is 222. The van der Waals surface area contributed by atoms with Gasteiger partial charge in [0, 0.05) is 6.04 Å². The van der Waals surface area contributed by atoms with Crippen LogP contribution in [0.2, 0.25) is 0 Å². The molecule has 0 bridgehead atoms. The van der Waals surface area contributed by atoms with E-state index < -0.39 is 0 Å². The van der Waals surface area contributed by atoms with Gasteiger partial charge in [-0.2, -0.15) is 0 Å². The third-order valence-corrected chi connectivity index (χ3v) is 5.49. The van der Waals surface area contributed by atoms with Crippen LogP contribution in [0.5, 0.6) is 0 Å². The molecule has 0 aromatic carbocycles. The third kappa shape index (κ3) is 2.86. The summed E-state index contributed by atoms with van der Waals surface area (Å²) in [6, 6.07) is 0.855. The van der Waals surface area contributed by atoms with E-state index >= 15 is 0 Å². The second kappa shape index (κ2) is 5.30. The van der Waals surface area contributed by atoms with Crippen LogP contribution in [0.3, 0.4) is 0 Å². The highest BCUT2D eigenvalue weighted by Crippen LogP contribution is 2.52. The van der Waals surface area contributed by atoms with Gasteiger partial charge in [0.1, 0.15) is 0 Å². The maximum absolute atomic E-state index is 3.74. The summed E-state index contributed by atoms with van der Waals surface area (Å²) in [4.78, 5) is 0. The van der Waals surface area contributed by atoms with Gasteiger partial charge in [-0.05, 0) is 69.2 Å². The molecule has 0 aromatic heterocycles. The van der Waals surface area contributed by atoms with Gasteiger partial charge < -0.3 is 5.32 Å². The predicted octanol–water partition coefficient (Wildman–Crippen LogP) is 3.98. The zero-order chi connectivity index (χ0) is 11.7. The Morgan fingerprint density at radius 3 is 1.65 bits per heavy atom. The second-order valence-electron chi connectivity index (χ2n) is 6.82. The van der Waals surface area contributed by atoms with Crippen molar-refractivity contribution in [1.29, 1.82) is 0 Å². The van der Waals surface area contributed by atoms with E-state index in [0.29, 0.717) is 0 Å². The van der Waals surface area contributed by atoms with Crippen LogP contribution in [-0.2, 0) is 0 Å². The van der Waals surface area contributed by atoms with Gasteiger partial charge in [0.05, 0.1) is 0 Å². The van der Waals surface area contributed by atoms with E-state index in [4.69, 9.17) is 0 Å². The molecule has 1 N–H and O–H groups in total. The SMILES string of the molecule is CNC(C1CCCCCC1)C(C1CC1)C1CC1. The molecule has 0 aliphatic heterocycles. The molecule has 0 saturated heterocycles. The number of rotatable bonds is 5. The van der Waals surface area contributed by atoms with Crippen molar-refractivity contribution >= 4 is 0 Å². The normalized spacial score (nSPS) is 29.3. The molecular weight excluding hydrogens is 206 g/mol. The van der Waals surface area contributed by atoms with E-state index in [1.165, 1.54) is 64.2 Å². The summed E-state index contributed by atoms with van der Waals surface area (Å²) in [6.07, 6.45) is 15.1. The lowest BCUT2D eigenvalue weighted by Gasteiger charge is -2.34. The van der Waals surface area contributed by atoms with E-state index in [2.05, 4.69) is 12.4 Å². The first-order valence-electron chi connectivity index (χ1n) is 8.07. The summed E-state index contributed by atoms with van der Waals surface area (Å²) in [6.45, 7) is 0. The van der Waals surface area contributed by atoms with Crippen LogP contribution in [0.4, 0.5) is 0 Å². The highest BCUT2D eigenvalue weighted by Gasteiger charge is 2.46. The van der Waals surface area contributed by atoms with E-state index in [1.54, 1.807) is 0 Å². The molecule has 1 atom stereocenters. The Hall–Kier alpha value is -0.0400. The molecule has 3 fully saturated rings. The first kappa shape index (κ1) is 12.0. The van der Waals surface area contributed by atoms with Crippen LogP contribution in [0.15, 0.2) is 0 Å². The van der Waals surface area contributed by atoms with Crippen LogP contribution in [0.25, 0.3) is 0 Å². The predicted molar refractivity (Wildman–Crippen MR) is 73.0 cm³/mol. The highest BCUT2D eigenvalue weighted by atomic mass is 14.9. The van der Waals surface area contributed by atoms with Crippen LogP contribution >= 0.6 is 0 Å². The van der Waals surface area contributed by atoms with E-state index in [0.717, 1.165) is 29.7 Å². The molecule has 3 rings (SSSR count). The van der Waals surface area contributed by atoms with Gasteiger partial charge in [0.25, 0.3) is 0 Å². The van der Waals surface area contributed by atoms with Crippen molar-refractivity contribution in [2.24, 2.45) is 23.7 Å². The second-order valence-corrected chi connectivity index (χ2v) is 6.82. The Morgan fingerprint density at radius 2 is 1.24 bits per heavy atom. The molecule has 0 heterocycles. The standard InChI is InChI=1S/C16H29N/c1-17-16(14-6-4-2-3-5-7-14)15(12-8-9-12)13-10-11-13/h12-17H,2-11H2,1H3. The minimum absolute atomic E-state index is 0.855. The van der Waals surface area contributed by atoms with E-state index in [1.807, 2.05) is 0 Å².